The van der Waals surface area contributed by atoms with Crippen molar-refractivity contribution in [3.63, 3.8) is 0 Å². The molecule has 0 aliphatic carbocycles. The Balaban J connectivity index is 0.000000190. The fourth-order valence-electron chi connectivity index (χ4n) is 6.72. The van der Waals surface area contributed by atoms with Crippen molar-refractivity contribution in [2.75, 3.05) is 13.2 Å². The zero-order chi connectivity index (χ0) is 56.8. The fourth-order valence-corrected chi connectivity index (χ4v) is 12.0. The molecular weight excluding hydrogens is 1090 g/mol. The number of rotatable bonds is 16. The predicted molar refractivity (Wildman–Crippen MR) is 277 cm³/mol. The van der Waals surface area contributed by atoms with Crippen molar-refractivity contribution in [3.8, 4) is 23.0 Å². The lowest BCUT2D eigenvalue weighted by atomic mass is 9.91. The van der Waals surface area contributed by atoms with Crippen molar-refractivity contribution < 1.29 is 80.8 Å². The van der Waals surface area contributed by atoms with E-state index in [1.54, 1.807) is 27.7 Å². The summed E-state index contributed by atoms with van der Waals surface area (Å²) in [5.74, 6) is 2.01. The Morgan fingerprint density at radius 3 is 1.13 bits per heavy atom. The van der Waals surface area contributed by atoms with Gasteiger partial charge in [-0.15, -0.1) is 0 Å². The van der Waals surface area contributed by atoms with Gasteiger partial charge in [0.25, 0.3) is 0 Å². The van der Waals surface area contributed by atoms with Crippen LogP contribution in [0.5, 0.6) is 23.0 Å². The van der Waals surface area contributed by atoms with Gasteiger partial charge >= 0.3 is 22.4 Å². The summed E-state index contributed by atoms with van der Waals surface area (Å²) in [6.45, 7) is 6.60. The topological polar surface area (TPSA) is 185 Å². The first-order chi connectivity index (χ1) is 36.3. The minimum atomic E-state index is -6.08. The molecule has 2 aliphatic rings. The van der Waals surface area contributed by atoms with Gasteiger partial charge in [-0.05, 0) is 99.5 Å². The van der Waals surface area contributed by atoms with Gasteiger partial charge in [0.2, 0.25) is 19.6 Å². The number of carbonyl (C=O) groups excluding carboxylic acids is 2. The van der Waals surface area contributed by atoms with Crippen molar-refractivity contribution in [2.24, 2.45) is 11.3 Å². The zero-order valence-corrected chi connectivity index (χ0v) is 45.6. The SMILES string of the molecule is CCC(C)(C)C(=O)OCCC(F)C(F)(F)S(=O)(=O)[O-].CCC(C)C(=O)OCCC(F)C(F)(F)S(=O)(=O)[O-].c1ccc([S+]2c3ccccc3Oc3ccccc32)cc1.c1ccc([S+]2c3ccccc3Oc3ccccc32)cc1. The van der Waals surface area contributed by atoms with Gasteiger partial charge in [0.1, 0.15) is 21.8 Å². The minimum Gasteiger partial charge on any atom is -0.743 e. The fraction of sp³-hybridized carbons (Fsp3) is 0.309. The summed E-state index contributed by atoms with van der Waals surface area (Å²) >= 11 is 0. The molecule has 6 aromatic carbocycles. The summed E-state index contributed by atoms with van der Waals surface area (Å²) in [6.07, 6.45) is -7.66. The molecule has 3 unspecified atom stereocenters. The molecule has 3 atom stereocenters. The first-order valence-electron chi connectivity index (χ1n) is 23.9. The molecule has 0 amide bonds. The Morgan fingerprint density at radius 1 is 0.532 bits per heavy atom. The van der Waals surface area contributed by atoms with E-state index in [2.05, 4.69) is 119 Å². The number of carbonyl (C=O) groups is 2. The van der Waals surface area contributed by atoms with Gasteiger partial charge in [0.15, 0.2) is 65.4 Å². The molecule has 0 saturated heterocycles. The van der Waals surface area contributed by atoms with Crippen molar-refractivity contribution >= 4 is 54.0 Å². The Hall–Kier alpha value is -6.04. The smallest absolute Gasteiger partial charge is 0.364 e. The summed E-state index contributed by atoms with van der Waals surface area (Å²) in [4.78, 5) is 30.2. The number of alkyl halides is 6. The highest BCUT2D eigenvalue weighted by atomic mass is 32.2. The lowest BCUT2D eigenvalue weighted by Crippen LogP contribution is -2.39. The average molecular weight is 1150 g/mol. The Kier molecular flexibility index (Phi) is 21.7. The first kappa shape index (κ1) is 61.8. The molecule has 6 aromatic rings. The number of hydrogen-bond donors (Lipinski definition) is 0. The number of benzene rings is 6. The summed E-state index contributed by atoms with van der Waals surface area (Å²) in [6, 6.07) is 54.6. The van der Waals surface area contributed by atoms with Gasteiger partial charge in [-0.2, -0.15) is 17.6 Å². The first-order valence-corrected chi connectivity index (χ1v) is 29.1. The number of esters is 2. The highest BCUT2D eigenvalue weighted by molar-refractivity contribution is 7.97. The second kappa shape index (κ2) is 27.0. The van der Waals surface area contributed by atoms with E-state index >= 15 is 0 Å². The van der Waals surface area contributed by atoms with Crippen LogP contribution < -0.4 is 9.47 Å². The summed E-state index contributed by atoms with van der Waals surface area (Å²) in [5.41, 5.74) is -0.848. The molecule has 0 N–H and O–H groups in total. The molecule has 414 valence electrons. The number of fused-ring (bicyclic) bond motifs is 4. The van der Waals surface area contributed by atoms with Gasteiger partial charge < -0.3 is 28.1 Å². The summed E-state index contributed by atoms with van der Waals surface area (Å²) in [7, 11) is -12.3. The molecule has 0 bridgehead atoms. The lowest BCUT2D eigenvalue weighted by molar-refractivity contribution is -0.155. The van der Waals surface area contributed by atoms with E-state index in [-0.39, 0.29) is 21.8 Å². The van der Waals surface area contributed by atoms with E-state index in [0.29, 0.717) is 12.8 Å². The number of halogens is 6. The van der Waals surface area contributed by atoms with Crippen LogP contribution in [-0.4, -0.2) is 73.9 Å². The molecule has 0 fully saturated rings. The molecule has 0 aromatic heterocycles. The van der Waals surface area contributed by atoms with Crippen LogP contribution in [0.3, 0.4) is 0 Å². The third-order valence-corrected chi connectivity index (χ3v) is 18.2. The highest BCUT2D eigenvalue weighted by Gasteiger charge is 2.48. The Morgan fingerprint density at radius 2 is 0.831 bits per heavy atom. The van der Waals surface area contributed by atoms with E-state index in [9.17, 15) is 61.9 Å². The monoisotopic (exact) mass is 1150 g/mol. The maximum Gasteiger partial charge on any atom is 0.364 e. The second-order valence-corrected chi connectivity index (χ2v) is 24.5. The quantitative estimate of drug-likeness (QED) is 0.0386. The third kappa shape index (κ3) is 15.8. The number of para-hydroxylation sites is 4. The number of ether oxygens (including phenoxy) is 4. The van der Waals surface area contributed by atoms with Crippen LogP contribution in [0, 0.1) is 11.3 Å². The average Bonchev–Trinajstić information content (AvgIpc) is 3.43. The van der Waals surface area contributed by atoms with Crippen LogP contribution in [-0.2, 0) is 61.1 Å². The normalized spacial score (nSPS) is 14.4. The number of hydrogen-bond acceptors (Lipinski definition) is 12. The van der Waals surface area contributed by atoms with Crippen molar-refractivity contribution in [1.82, 2.24) is 0 Å². The highest BCUT2D eigenvalue weighted by Crippen LogP contribution is 2.48. The molecule has 77 heavy (non-hydrogen) atoms. The van der Waals surface area contributed by atoms with Crippen molar-refractivity contribution in [1.29, 1.82) is 0 Å². The molecule has 12 nitrogen and oxygen atoms in total. The van der Waals surface area contributed by atoms with Crippen LogP contribution in [0.2, 0.25) is 0 Å². The van der Waals surface area contributed by atoms with Crippen LogP contribution in [0.25, 0.3) is 0 Å². The standard InChI is InChI=1S/2C18H13OS.C10H17F3O5S.C9H15F3O5S/c2*1-2-8-14(9-3-1)20-17-12-6-4-10-15(17)19-16-11-5-7-13-18(16)20;1-4-9(2,3)8(14)18-6-5-7(11)10(12,13)19(15,16)17;1-3-6(2)8(13)17-5-4-7(10)9(11,12)18(14,15)16/h2*1-13H;7H,4-6H2,1-3H3,(H,15,16,17);6-7H,3-5H2,1-2H3,(H,14,15,16)/q2*+1;;/p-2. The molecular formula is C55H56F6O12S4. The second-order valence-electron chi connectivity index (χ2n) is 17.6. The van der Waals surface area contributed by atoms with Crippen molar-refractivity contribution in [2.45, 2.75) is 113 Å². The molecule has 2 aliphatic heterocycles. The molecule has 8 rings (SSSR count). The van der Waals surface area contributed by atoms with E-state index in [4.69, 9.17) is 9.47 Å². The maximum atomic E-state index is 13.0. The van der Waals surface area contributed by atoms with E-state index < -0.39 is 92.4 Å². The summed E-state index contributed by atoms with van der Waals surface area (Å²) < 4.78 is 158. The summed E-state index contributed by atoms with van der Waals surface area (Å²) in [5, 5.41) is -10.0. The largest absolute Gasteiger partial charge is 0.743 e. The van der Waals surface area contributed by atoms with Crippen LogP contribution >= 0.6 is 0 Å². The maximum absolute atomic E-state index is 13.0. The Bertz CT molecular complexity index is 2910. The molecule has 2 heterocycles. The molecule has 0 radical (unpaired) electrons. The predicted octanol–water partition coefficient (Wildman–Crippen LogP) is 13.0. The molecule has 0 spiro atoms. The third-order valence-electron chi connectivity index (χ3n) is 11.7. The van der Waals surface area contributed by atoms with E-state index in [0.717, 1.165) is 23.0 Å². The van der Waals surface area contributed by atoms with Gasteiger partial charge in [0.05, 0.1) is 24.5 Å². The van der Waals surface area contributed by atoms with Crippen LogP contribution in [0.15, 0.2) is 187 Å². The van der Waals surface area contributed by atoms with Crippen LogP contribution in [0.4, 0.5) is 26.3 Å². The van der Waals surface area contributed by atoms with Gasteiger partial charge in [-0.3, -0.25) is 9.59 Å². The molecule has 0 saturated carbocycles. The van der Waals surface area contributed by atoms with Gasteiger partial charge in [0, 0.05) is 12.8 Å². The minimum absolute atomic E-state index is 0.0829. The lowest BCUT2D eigenvalue weighted by Gasteiger charge is -2.24. The zero-order valence-electron chi connectivity index (χ0n) is 42.3. The van der Waals surface area contributed by atoms with E-state index in [1.165, 1.54) is 36.3 Å². The van der Waals surface area contributed by atoms with E-state index in [1.807, 2.05) is 48.5 Å². The van der Waals surface area contributed by atoms with Gasteiger partial charge in [-0.25, -0.2) is 25.6 Å². The van der Waals surface area contributed by atoms with Crippen LogP contribution in [0.1, 0.15) is 60.3 Å². The van der Waals surface area contributed by atoms with Crippen molar-refractivity contribution in [3.05, 3.63) is 158 Å². The van der Waals surface area contributed by atoms with Gasteiger partial charge in [-0.1, -0.05) is 106 Å². The molecule has 22 heteroatoms. The Labute approximate surface area is 450 Å².